The molecule has 2 amide bonds. The maximum atomic E-state index is 13.6. The summed E-state index contributed by atoms with van der Waals surface area (Å²) in [4.78, 5) is 28.8. The van der Waals surface area contributed by atoms with Crippen molar-refractivity contribution in [3.05, 3.63) is 29.8 Å². The Kier molecular flexibility index (Phi) is 5.44. The molecule has 3 rings (SSSR count). The minimum absolute atomic E-state index is 0.145. The molecule has 0 bridgehead atoms. The second kappa shape index (κ2) is 7.60. The van der Waals surface area contributed by atoms with Gasteiger partial charge >= 0.3 is 0 Å². The molecule has 5 nitrogen and oxygen atoms in total. The monoisotopic (exact) mass is 366 g/mol. The zero-order valence-corrected chi connectivity index (χ0v) is 15.0. The molecule has 1 atom stereocenters. The van der Waals surface area contributed by atoms with Crippen LogP contribution in [0.3, 0.4) is 0 Å². The zero-order chi connectivity index (χ0) is 18.7. The standard InChI is InChI=1S/C19H24F2N2O3/c1-2-8-22-9-3-6-19(18(22)25)7-10-23(13-19)17(24)12-26-16-5-4-14(20)11-15(16)21/h4-5,11H,2-3,6-10,12-13H2,1H3/t19-/m1/s1. The lowest BCUT2D eigenvalue weighted by molar-refractivity contribution is -0.146. The van der Waals surface area contributed by atoms with Gasteiger partial charge in [0.25, 0.3) is 5.91 Å². The maximum Gasteiger partial charge on any atom is 0.260 e. The number of hydrogen-bond acceptors (Lipinski definition) is 3. The number of hydrogen-bond donors (Lipinski definition) is 0. The summed E-state index contributed by atoms with van der Waals surface area (Å²) >= 11 is 0. The predicted octanol–water partition coefficient (Wildman–Crippen LogP) is 2.59. The summed E-state index contributed by atoms with van der Waals surface area (Å²) in [6, 6.07) is 2.96. The van der Waals surface area contributed by atoms with Gasteiger partial charge in [0.2, 0.25) is 5.91 Å². The predicted molar refractivity (Wildman–Crippen MR) is 91.6 cm³/mol. The molecular formula is C19H24F2N2O3. The molecule has 7 heteroatoms. The van der Waals surface area contributed by atoms with Crippen molar-refractivity contribution in [3.63, 3.8) is 0 Å². The highest BCUT2D eigenvalue weighted by molar-refractivity contribution is 5.86. The van der Waals surface area contributed by atoms with Crippen LogP contribution in [0.5, 0.6) is 5.75 Å². The van der Waals surface area contributed by atoms with E-state index >= 15 is 0 Å². The van der Waals surface area contributed by atoms with E-state index < -0.39 is 17.0 Å². The van der Waals surface area contributed by atoms with E-state index in [1.165, 1.54) is 0 Å². The van der Waals surface area contributed by atoms with Gasteiger partial charge in [-0.05, 0) is 37.8 Å². The van der Waals surface area contributed by atoms with Crippen LogP contribution in [0.15, 0.2) is 18.2 Å². The van der Waals surface area contributed by atoms with Crippen molar-refractivity contribution in [3.8, 4) is 5.75 Å². The fourth-order valence-corrected chi connectivity index (χ4v) is 3.92. The molecule has 0 unspecified atom stereocenters. The molecule has 2 fully saturated rings. The molecule has 0 radical (unpaired) electrons. The van der Waals surface area contributed by atoms with Gasteiger partial charge in [0.05, 0.1) is 5.41 Å². The van der Waals surface area contributed by atoms with Crippen LogP contribution in [-0.4, -0.2) is 54.4 Å². The zero-order valence-electron chi connectivity index (χ0n) is 15.0. The SMILES string of the molecule is CCCN1CCC[C@]2(CCN(C(=O)COc3ccc(F)cc3F)C2)C1=O. The first-order chi connectivity index (χ1) is 12.4. The first-order valence-electron chi connectivity index (χ1n) is 9.10. The van der Waals surface area contributed by atoms with E-state index in [-0.39, 0.29) is 24.2 Å². The lowest BCUT2D eigenvalue weighted by Gasteiger charge is -2.39. The summed E-state index contributed by atoms with van der Waals surface area (Å²) in [5, 5.41) is 0. The summed E-state index contributed by atoms with van der Waals surface area (Å²) in [7, 11) is 0. The molecule has 1 aromatic rings. The highest BCUT2D eigenvalue weighted by Gasteiger charge is 2.49. The van der Waals surface area contributed by atoms with Gasteiger partial charge in [-0.25, -0.2) is 8.78 Å². The topological polar surface area (TPSA) is 49.9 Å². The first-order valence-corrected chi connectivity index (χ1v) is 9.10. The van der Waals surface area contributed by atoms with Crippen LogP contribution in [0.1, 0.15) is 32.6 Å². The Labute approximate surface area is 151 Å². The molecule has 2 aliphatic heterocycles. The largest absolute Gasteiger partial charge is 0.481 e. The van der Waals surface area contributed by atoms with Gasteiger partial charge < -0.3 is 14.5 Å². The number of ether oxygens (including phenoxy) is 1. The molecule has 0 saturated carbocycles. The van der Waals surface area contributed by atoms with E-state index in [1.54, 1.807) is 4.90 Å². The number of benzene rings is 1. The Morgan fingerprint density at radius 1 is 1.27 bits per heavy atom. The van der Waals surface area contributed by atoms with Gasteiger partial charge in [0, 0.05) is 32.2 Å². The van der Waals surface area contributed by atoms with Gasteiger partial charge in [-0.3, -0.25) is 9.59 Å². The van der Waals surface area contributed by atoms with Crippen molar-refractivity contribution in [1.82, 2.24) is 9.80 Å². The number of piperidine rings is 1. The minimum atomic E-state index is -0.839. The van der Waals surface area contributed by atoms with Crippen molar-refractivity contribution < 1.29 is 23.1 Å². The summed E-state index contributed by atoms with van der Waals surface area (Å²) in [5.74, 6) is -1.84. The Morgan fingerprint density at radius 3 is 2.81 bits per heavy atom. The summed E-state index contributed by atoms with van der Waals surface area (Å²) in [5.41, 5.74) is -0.482. The number of halogens is 2. The molecule has 1 spiro atoms. The van der Waals surface area contributed by atoms with Crippen LogP contribution in [0.2, 0.25) is 0 Å². The summed E-state index contributed by atoms with van der Waals surface area (Å²) in [6.45, 7) is 4.15. The molecule has 2 heterocycles. The van der Waals surface area contributed by atoms with Crippen molar-refractivity contribution in [1.29, 1.82) is 0 Å². The number of carbonyl (C=O) groups excluding carboxylic acids is 2. The lowest BCUT2D eigenvalue weighted by atomic mass is 9.78. The van der Waals surface area contributed by atoms with Crippen LogP contribution < -0.4 is 4.74 Å². The minimum Gasteiger partial charge on any atom is -0.481 e. The van der Waals surface area contributed by atoms with Crippen molar-refractivity contribution >= 4 is 11.8 Å². The number of rotatable bonds is 5. The number of amides is 2. The number of nitrogens with zero attached hydrogens (tertiary/aromatic N) is 2. The maximum absolute atomic E-state index is 13.6. The third-order valence-corrected chi connectivity index (χ3v) is 5.27. The van der Waals surface area contributed by atoms with Gasteiger partial charge in [0.15, 0.2) is 18.2 Å². The fraction of sp³-hybridized carbons (Fsp3) is 0.579. The van der Waals surface area contributed by atoms with Crippen molar-refractivity contribution in [2.24, 2.45) is 5.41 Å². The molecule has 2 aliphatic rings. The second-order valence-corrected chi connectivity index (χ2v) is 7.10. The quantitative estimate of drug-likeness (QED) is 0.805. The van der Waals surface area contributed by atoms with Crippen LogP contribution in [0.25, 0.3) is 0 Å². The summed E-state index contributed by atoms with van der Waals surface area (Å²) in [6.07, 6.45) is 3.32. The molecule has 2 saturated heterocycles. The van der Waals surface area contributed by atoms with Crippen molar-refractivity contribution in [2.45, 2.75) is 32.6 Å². The van der Waals surface area contributed by atoms with Gasteiger partial charge in [-0.15, -0.1) is 0 Å². The fourth-order valence-electron chi connectivity index (χ4n) is 3.92. The van der Waals surface area contributed by atoms with Crippen LogP contribution >= 0.6 is 0 Å². The van der Waals surface area contributed by atoms with Gasteiger partial charge in [0.1, 0.15) is 5.82 Å². The third-order valence-electron chi connectivity index (χ3n) is 5.27. The van der Waals surface area contributed by atoms with Gasteiger partial charge in [-0.1, -0.05) is 6.92 Å². The Bertz CT molecular complexity index is 695. The summed E-state index contributed by atoms with van der Waals surface area (Å²) < 4.78 is 31.7. The third kappa shape index (κ3) is 3.66. The number of likely N-dealkylation sites (tertiary alicyclic amines) is 2. The lowest BCUT2D eigenvalue weighted by Crippen LogP contribution is -2.50. The molecule has 1 aromatic carbocycles. The Hall–Kier alpha value is -2.18. The molecule has 0 aliphatic carbocycles. The highest BCUT2D eigenvalue weighted by Crippen LogP contribution is 2.40. The number of carbonyl (C=O) groups is 2. The van der Waals surface area contributed by atoms with E-state index in [2.05, 4.69) is 0 Å². The average molecular weight is 366 g/mol. The highest BCUT2D eigenvalue weighted by atomic mass is 19.1. The van der Waals surface area contributed by atoms with E-state index in [0.717, 1.165) is 44.5 Å². The van der Waals surface area contributed by atoms with Crippen LogP contribution in [0, 0.1) is 17.0 Å². The average Bonchev–Trinajstić information content (AvgIpc) is 3.03. The smallest absolute Gasteiger partial charge is 0.260 e. The molecule has 26 heavy (non-hydrogen) atoms. The van der Waals surface area contributed by atoms with E-state index in [4.69, 9.17) is 4.74 Å². The Balaban J connectivity index is 1.59. The van der Waals surface area contributed by atoms with Crippen LogP contribution in [-0.2, 0) is 9.59 Å². The molecule has 0 aromatic heterocycles. The van der Waals surface area contributed by atoms with Gasteiger partial charge in [-0.2, -0.15) is 0 Å². The van der Waals surface area contributed by atoms with Crippen LogP contribution in [0.4, 0.5) is 8.78 Å². The molecule has 0 N–H and O–H groups in total. The van der Waals surface area contributed by atoms with Crippen molar-refractivity contribution in [2.75, 3.05) is 32.8 Å². The first kappa shape index (κ1) is 18.6. The normalized spacial score (nSPS) is 23.0. The second-order valence-electron chi connectivity index (χ2n) is 7.10. The van der Waals surface area contributed by atoms with E-state index in [9.17, 15) is 18.4 Å². The van der Waals surface area contributed by atoms with E-state index in [0.29, 0.717) is 25.6 Å². The molecular weight excluding hydrogens is 342 g/mol. The Morgan fingerprint density at radius 2 is 2.08 bits per heavy atom. The molecule has 142 valence electrons. The van der Waals surface area contributed by atoms with E-state index in [1.807, 2.05) is 11.8 Å².